The molecule has 0 amide bonds. The van der Waals surface area contributed by atoms with Crippen molar-refractivity contribution in [3.05, 3.63) is 113 Å². The molecule has 0 aromatic heterocycles. The number of methoxy groups -OCH3 is 3. The van der Waals surface area contributed by atoms with Gasteiger partial charge in [-0.3, -0.25) is 4.90 Å². The third-order valence-electron chi connectivity index (χ3n) is 6.38. The number of nitrogens with zero attached hydrogens (tertiary/aromatic N) is 2. The number of nitriles is 1. The Labute approximate surface area is 225 Å². The molecular weight excluding hydrogens is 498 g/mol. The molecule has 1 aliphatic rings. The Hall–Kier alpha value is -5.36. The molecule has 9 heteroatoms. The van der Waals surface area contributed by atoms with Gasteiger partial charge < -0.3 is 19.9 Å². The van der Waals surface area contributed by atoms with Crippen LogP contribution in [-0.4, -0.2) is 39.2 Å². The first-order valence-electron chi connectivity index (χ1n) is 11.8. The van der Waals surface area contributed by atoms with Crippen LogP contribution in [0, 0.1) is 11.3 Å². The predicted molar refractivity (Wildman–Crippen MR) is 143 cm³/mol. The molecule has 196 valence electrons. The molecule has 0 saturated carbocycles. The van der Waals surface area contributed by atoms with Crippen LogP contribution in [0.3, 0.4) is 0 Å². The zero-order chi connectivity index (χ0) is 28.1. The highest BCUT2D eigenvalue weighted by Crippen LogP contribution is 2.43. The number of benzene rings is 3. The highest BCUT2D eigenvalue weighted by Gasteiger charge is 2.42. The second-order valence-corrected chi connectivity index (χ2v) is 8.45. The van der Waals surface area contributed by atoms with Gasteiger partial charge in [0.1, 0.15) is 11.5 Å². The van der Waals surface area contributed by atoms with Gasteiger partial charge in [0.2, 0.25) is 0 Å². The maximum atomic E-state index is 13.2. The number of nitrogens with two attached hydrogens (primary N) is 1. The second-order valence-electron chi connectivity index (χ2n) is 8.45. The number of carbonyl (C=O) groups excluding carboxylic acids is 3. The number of carbonyl (C=O) groups is 3. The fourth-order valence-corrected chi connectivity index (χ4v) is 4.50. The highest BCUT2D eigenvalue weighted by molar-refractivity contribution is 6.06. The third-order valence-corrected chi connectivity index (χ3v) is 6.38. The van der Waals surface area contributed by atoms with Crippen molar-refractivity contribution in [3.8, 4) is 17.2 Å². The molecule has 0 radical (unpaired) electrons. The van der Waals surface area contributed by atoms with Crippen LogP contribution >= 0.6 is 0 Å². The molecule has 3 aromatic carbocycles. The normalized spacial score (nSPS) is 14.9. The Bertz CT molecular complexity index is 1520. The third kappa shape index (κ3) is 4.95. The highest BCUT2D eigenvalue weighted by atomic mass is 16.5. The molecule has 0 spiro atoms. The van der Waals surface area contributed by atoms with Crippen molar-refractivity contribution in [1.82, 2.24) is 0 Å². The minimum atomic E-state index is -0.943. The molecule has 9 nitrogen and oxygen atoms in total. The zero-order valence-corrected chi connectivity index (χ0v) is 21.5. The number of ether oxygens (including phenoxy) is 3. The lowest BCUT2D eigenvalue weighted by Crippen LogP contribution is -2.40. The Morgan fingerprint density at radius 1 is 0.769 bits per heavy atom. The predicted octanol–water partition coefficient (Wildman–Crippen LogP) is 4.04. The number of esters is 3. The number of hydrogen-bond acceptors (Lipinski definition) is 9. The van der Waals surface area contributed by atoms with Gasteiger partial charge in [0.15, 0.2) is 0 Å². The summed E-state index contributed by atoms with van der Waals surface area (Å²) < 4.78 is 14.9. The average Bonchev–Trinajstić information content (AvgIpc) is 2.99. The van der Waals surface area contributed by atoms with Gasteiger partial charge in [0.25, 0.3) is 0 Å². The van der Waals surface area contributed by atoms with Crippen LogP contribution in [0.15, 0.2) is 102 Å². The maximum Gasteiger partial charge on any atom is 0.355 e. The summed E-state index contributed by atoms with van der Waals surface area (Å²) in [6.07, 6.45) is 0. The van der Waals surface area contributed by atoms with Gasteiger partial charge in [0.05, 0.1) is 50.0 Å². The van der Waals surface area contributed by atoms with Crippen molar-refractivity contribution >= 4 is 23.6 Å². The van der Waals surface area contributed by atoms with E-state index in [1.165, 1.54) is 26.2 Å². The average molecular weight is 524 g/mol. The Morgan fingerprint density at radius 2 is 1.31 bits per heavy atom. The van der Waals surface area contributed by atoms with Crippen LogP contribution in [0.4, 0.5) is 5.69 Å². The Kier molecular flexibility index (Phi) is 7.77. The molecule has 0 aliphatic carbocycles. The first-order chi connectivity index (χ1) is 18.9. The minimum absolute atomic E-state index is 0.0189. The molecule has 0 fully saturated rings. The van der Waals surface area contributed by atoms with E-state index in [2.05, 4.69) is 6.07 Å². The number of anilines is 1. The Balaban J connectivity index is 1.86. The molecule has 0 bridgehead atoms. The summed E-state index contributed by atoms with van der Waals surface area (Å²) in [5, 5.41) is 10.1. The monoisotopic (exact) mass is 523 g/mol. The van der Waals surface area contributed by atoms with Crippen LogP contribution in [0.5, 0.6) is 0 Å². The van der Waals surface area contributed by atoms with Gasteiger partial charge in [-0.2, -0.15) is 5.26 Å². The van der Waals surface area contributed by atoms with Crippen molar-refractivity contribution in [2.75, 3.05) is 26.2 Å². The molecule has 39 heavy (non-hydrogen) atoms. The quantitative estimate of drug-likeness (QED) is 0.375. The molecule has 4 rings (SSSR count). The topological polar surface area (TPSA) is 132 Å². The van der Waals surface area contributed by atoms with Gasteiger partial charge in [-0.05, 0) is 41.0 Å². The summed E-state index contributed by atoms with van der Waals surface area (Å²) in [5.74, 6) is -3.01. The van der Waals surface area contributed by atoms with Crippen molar-refractivity contribution in [2.24, 2.45) is 5.73 Å². The van der Waals surface area contributed by atoms with E-state index in [0.29, 0.717) is 16.8 Å². The molecule has 1 unspecified atom stereocenters. The van der Waals surface area contributed by atoms with Crippen molar-refractivity contribution < 1.29 is 28.6 Å². The SMILES string of the molecule is COC(=O)C1=C(C(=O)OC)N(c2ccc(-c3ccc(C(=O)OC)cc3)cc2)C(N)=C(C#N)C1c1ccccc1. The summed E-state index contributed by atoms with van der Waals surface area (Å²) >= 11 is 0. The maximum absolute atomic E-state index is 13.2. The Morgan fingerprint density at radius 3 is 1.82 bits per heavy atom. The van der Waals surface area contributed by atoms with E-state index in [9.17, 15) is 19.6 Å². The van der Waals surface area contributed by atoms with Gasteiger partial charge in [0, 0.05) is 5.69 Å². The summed E-state index contributed by atoms with van der Waals surface area (Å²) in [7, 11) is 3.71. The summed E-state index contributed by atoms with van der Waals surface area (Å²) in [6, 6.07) is 24.8. The van der Waals surface area contributed by atoms with Gasteiger partial charge in [-0.15, -0.1) is 0 Å². The molecule has 1 aliphatic heterocycles. The van der Waals surface area contributed by atoms with E-state index in [-0.39, 0.29) is 22.7 Å². The largest absolute Gasteiger partial charge is 0.466 e. The van der Waals surface area contributed by atoms with Crippen LogP contribution in [0.25, 0.3) is 11.1 Å². The van der Waals surface area contributed by atoms with Crippen LogP contribution in [0.1, 0.15) is 21.8 Å². The van der Waals surface area contributed by atoms with E-state index >= 15 is 0 Å². The van der Waals surface area contributed by atoms with Gasteiger partial charge >= 0.3 is 17.9 Å². The van der Waals surface area contributed by atoms with Crippen molar-refractivity contribution in [3.63, 3.8) is 0 Å². The summed E-state index contributed by atoms with van der Waals surface area (Å²) in [6.45, 7) is 0. The number of hydrogen-bond donors (Lipinski definition) is 1. The number of rotatable bonds is 6. The lowest BCUT2D eigenvalue weighted by molar-refractivity contribution is -0.139. The van der Waals surface area contributed by atoms with Crippen LogP contribution in [-0.2, 0) is 23.8 Å². The van der Waals surface area contributed by atoms with Crippen LogP contribution < -0.4 is 10.6 Å². The van der Waals surface area contributed by atoms with Gasteiger partial charge in [-0.1, -0.05) is 54.6 Å². The summed E-state index contributed by atoms with van der Waals surface area (Å²) in [5.41, 5.74) is 9.47. The zero-order valence-electron chi connectivity index (χ0n) is 21.5. The lowest BCUT2D eigenvalue weighted by atomic mass is 9.81. The van der Waals surface area contributed by atoms with E-state index in [4.69, 9.17) is 19.9 Å². The molecule has 3 aromatic rings. The lowest BCUT2D eigenvalue weighted by Gasteiger charge is -2.35. The second kappa shape index (κ2) is 11.4. The minimum Gasteiger partial charge on any atom is -0.466 e. The van der Waals surface area contributed by atoms with Gasteiger partial charge in [-0.25, -0.2) is 14.4 Å². The van der Waals surface area contributed by atoms with Crippen molar-refractivity contribution in [2.45, 2.75) is 5.92 Å². The smallest absolute Gasteiger partial charge is 0.355 e. The number of allylic oxidation sites excluding steroid dienone is 1. The van der Waals surface area contributed by atoms with E-state index in [0.717, 1.165) is 11.1 Å². The molecular formula is C30H25N3O6. The first-order valence-corrected chi connectivity index (χ1v) is 11.8. The molecule has 2 N–H and O–H groups in total. The fourth-order valence-electron chi connectivity index (χ4n) is 4.50. The summed E-state index contributed by atoms with van der Waals surface area (Å²) in [4.78, 5) is 39.4. The van der Waals surface area contributed by atoms with Crippen LogP contribution in [0.2, 0.25) is 0 Å². The fraction of sp³-hybridized carbons (Fsp3) is 0.133. The first kappa shape index (κ1) is 26.7. The molecule has 1 atom stereocenters. The van der Waals surface area contributed by atoms with Crippen molar-refractivity contribution in [1.29, 1.82) is 5.26 Å². The molecule has 1 heterocycles. The van der Waals surface area contributed by atoms with E-state index < -0.39 is 23.8 Å². The van der Waals surface area contributed by atoms with E-state index in [1.807, 2.05) is 0 Å². The molecule has 0 saturated heterocycles. The standard InChI is InChI=1S/C30H25N3O6/c1-37-28(34)21-11-9-18(10-12-21)19-13-15-22(16-14-19)33-26(30(36)39-3)25(29(35)38-2)24(23(17-31)27(33)32)20-7-5-4-6-8-20/h4-16,24H,32H2,1-3H3. The van der Waals surface area contributed by atoms with E-state index in [1.54, 1.807) is 78.9 Å².